The molecule has 0 aliphatic heterocycles. The highest BCUT2D eigenvalue weighted by Crippen LogP contribution is 2.43. The van der Waals surface area contributed by atoms with Crippen LogP contribution in [0, 0.1) is 17.0 Å². The van der Waals surface area contributed by atoms with Gasteiger partial charge < -0.3 is 15.9 Å². The fourth-order valence-electron chi connectivity index (χ4n) is 2.41. The monoisotopic (exact) mass is 502 g/mol. The summed E-state index contributed by atoms with van der Waals surface area (Å²) in [4.78, 5) is 15.8. The number of hydrogen-bond donors (Lipinski definition) is 2. The van der Waals surface area contributed by atoms with E-state index in [1.165, 1.54) is 0 Å². The summed E-state index contributed by atoms with van der Waals surface area (Å²) in [6, 6.07) is 0.518. The number of nitrogens with one attached hydrogen (secondary N) is 1. The lowest BCUT2D eigenvalue weighted by atomic mass is 10.1. The number of carbonyl (C=O) groups excluding carboxylic acids is 1. The molecule has 0 aliphatic carbocycles. The number of rotatable bonds is 4. The van der Waals surface area contributed by atoms with E-state index in [2.05, 4.69) is 9.72 Å². The van der Waals surface area contributed by atoms with Gasteiger partial charge >= 0.3 is 18.4 Å². The number of benzene rings is 1. The third-order valence-electron chi connectivity index (χ3n) is 3.99. The van der Waals surface area contributed by atoms with E-state index in [0.29, 0.717) is 17.2 Å². The van der Waals surface area contributed by atoms with Gasteiger partial charge in [-0.2, -0.15) is 26.3 Å². The highest BCUT2D eigenvalue weighted by molar-refractivity contribution is 6.31. The summed E-state index contributed by atoms with van der Waals surface area (Å²) in [7, 11) is 0.815. The Balaban J connectivity index is 2.70. The molecule has 0 unspecified atom stereocenters. The Morgan fingerprint density at radius 1 is 1.12 bits per heavy atom. The first-order valence-electron chi connectivity index (χ1n) is 8.34. The lowest BCUT2D eigenvalue weighted by Gasteiger charge is -2.22. The average molecular weight is 503 g/mol. The van der Waals surface area contributed by atoms with Crippen molar-refractivity contribution in [3.8, 4) is 5.75 Å². The maximum Gasteiger partial charge on any atom is 0.433 e. The van der Waals surface area contributed by atoms with Gasteiger partial charge in [-0.05, 0) is 12.1 Å². The van der Waals surface area contributed by atoms with Crippen molar-refractivity contribution in [2.24, 2.45) is 5.73 Å². The minimum absolute atomic E-state index is 0.281. The molecule has 0 atom stereocenters. The van der Waals surface area contributed by atoms with E-state index in [4.69, 9.17) is 22.7 Å². The van der Waals surface area contributed by atoms with Crippen LogP contribution in [0.2, 0.25) is 5.02 Å². The van der Waals surface area contributed by atoms with Crippen LogP contribution in [-0.2, 0) is 12.4 Å². The molecule has 15 heteroatoms. The zero-order chi connectivity index (χ0) is 25.3. The normalized spacial score (nSPS) is 12.5. The Labute approximate surface area is 184 Å². The van der Waals surface area contributed by atoms with E-state index < -0.39 is 75.1 Å². The number of hydrogen-bond acceptors (Lipinski definition) is 5. The number of allylic oxidation sites excluding steroid dienone is 1. The Morgan fingerprint density at radius 3 is 2.21 bits per heavy atom. The zero-order valence-electron chi connectivity index (χ0n) is 16.1. The average Bonchev–Trinajstić information content (AvgIpc) is 2.70. The van der Waals surface area contributed by atoms with Crippen molar-refractivity contribution in [2.75, 3.05) is 11.9 Å². The first kappa shape index (κ1) is 25.8. The van der Waals surface area contributed by atoms with Gasteiger partial charge in [0.15, 0.2) is 5.75 Å². The molecular formula is C18H11ClF8N4O2. The Bertz CT molecular complexity index is 1130. The van der Waals surface area contributed by atoms with Gasteiger partial charge in [-0.1, -0.05) is 11.6 Å². The lowest BCUT2D eigenvalue weighted by Crippen LogP contribution is -2.31. The number of nitrogens with zero attached hydrogens (tertiary/aromatic N) is 2. The van der Waals surface area contributed by atoms with Crippen molar-refractivity contribution >= 4 is 35.2 Å². The number of amides is 1. The lowest BCUT2D eigenvalue weighted by molar-refractivity contribution is -0.146. The molecule has 0 saturated carbocycles. The van der Waals surface area contributed by atoms with Crippen LogP contribution < -0.4 is 15.4 Å². The summed E-state index contributed by atoms with van der Waals surface area (Å²) >= 11 is 5.51. The van der Waals surface area contributed by atoms with Crippen molar-refractivity contribution in [3.05, 3.63) is 58.0 Å². The Hall–Kier alpha value is -3.42. The third-order valence-corrected chi connectivity index (χ3v) is 4.28. The first-order chi connectivity index (χ1) is 15.1. The molecule has 0 spiro atoms. The summed E-state index contributed by atoms with van der Waals surface area (Å²) < 4.78 is 112. The predicted octanol–water partition coefficient (Wildman–Crippen LogP) is 5.64. The van der Waals surface area contributed by atoms with E-state index in [1.54, 1.807) is 0 Å². The van der Waals surface area contributed by atoms with Crippen LogP contribution in [-0.4, -0.2) is 24.3 Å². The highest BCUT2D eigenvalue weighted by atomic mass is 35.5. The summed E-state index contributed by atoms with van der Waals surface area (Å²) in [5.74, 6) is -4.07. The maximum absolute atomic E-state index is 14.0. The van der Waals surface area contributed by atoms with Gasteiger partial charge in [0, 0.05) is 31.1 Å². The zero-order valence-corrected chi connectivity index (χ0v) is 16.8. The van der Waals surface area contributed by atoms with Gasteiger partial charge in [0.25, 0.3) is 0 Å². The van der Waals surface area contributed by atoms with Gasteiger partial charge in [0.05, 0.1) is 10.7 Å². The van der Waals surface area contributed by atoms with Crippen LogP contribution in [0.4, 0.5) is 45.6 Å². The molecule has 1 amide bonds. The molecule has 2 aromatic rings. The van der Waals surface area contributed by atoms with Crippen molar-refractivity contribution < 1.29 is 44.7 Å². The largest absolute Gasteiger partial charge is 0.433 e. The molecule has 1 aromatic heterocycles. The second-order valence-electron chi connectivity index (χ2n) is 6.14. The second kappa shape index (κ2) is 9.21. The molecule has 0 aliphatic rings. The molecule has 0 saturated heterocycles. The molecule has 33 heavy (non-hydrogen) atoms. The molecule has 2 rings (SSSR count). The molecule has 178 valence electrons. The summed E-state index contributed by atoms with van der Waals surface area (Å²) in [5, 5.41) is 6.55. The van der Waals surface area contributed by atoms with Crippen LogP contribution in [0.15, 0.2) is 24.4 Å². The molecule has 6 nitrogen and oxygen atoms in total. The van der Waals surface area contributed by atoms with Crippen LogP contribution in [0.25, 0.3) is 5.57 Å². The van der Waals surface area contributed by atoms with E-state index in [9.17, 15) is 39.9 Å². The second-order valence-corrected chi connectivity index (χ2v) is 6.55. The summed E-state index contributed by atoms with van der Waals surface area (Å²) in [5.41, 5.74) is -1.61. The van der Waals surface area contributed by atoms with E-state index in [-0.39, 0.29) is 12.3 Å². The number of anilines is 1. The predicted molar refractivity (Wildman–Crippen MR) is 101 cm³/mol. The van der Waals surface area contributed by atoms with Crippen LogP contribution in [0.3, 0.4) is 0 Å². The molecule has 0 radical (unpaired) electrons. The molecule has 3 N–H and O–H groups in total. The first-order valence-corrected chi connectivity index (χ1v) is 8.71. The third kappa shape index (κ3) is 5.50. The van der Waals surface area contributed by atoms with Crippen LogP contribution in [0.1, 0.15) is 17.0 Å². The van der Waals surface area contributed by atoms with Crippen molar-refractivity contribution in [1.29, 1.82) is 5.41 Å². The van der Waals surface area contributed by atoms with Crippen LogP contribution >= 0.6 is 11.6 Å². The fourth-order valence-corrected chi connectivity index (χ4v) is 2.56. The maximum atomic E-state index is 14.0. The van der Waals surface area contributed by atoms with E-state index in [0.717, 1.165) is 7.05 Å². The molecule has 0 bridgehead atoms. The van der Waals surface area contributed by atoms with Gasteiger partial charge in [-0.25, -0.2) is 18.6 Å². The van der Waals surface area contributed by atoms with Gasteiger partial charge in [0.1, 0.15) is 28.6 Å². The number of carbonyl (C=O) groups is 1. The molecular weight excluding hydrogens is 492 g/mol. The van der Waals surface area contributed by atoms with Crippen molar-refractivity contribution in [3.63, 3.8) is 0 Å². The molecule has 1 aromatic carbocycles. The van der Waals surface area contributed by atoms with E-state index in [1.807, 2.05) is 0 Å². The number of halogens is 9. The number of nitrogens with two attached hydrogens (primary N) is 1. The van der Waals surface area contributed by atoms with Gasteiger partial charge in [0.2, 0.25) is 0 Å². The summed E-state index contributed by atoms with van der Waals surface area (Å²) in [6.07, 6.45) is -11.8. The Kier molecular flexibility index (Phi) is 7.21. The van der Waals surface area contributed by atoms with Gasteiger partial charge in [-0.15, -0.1) is 0 Å². The summed E-state index contributed by atoms with van der Waals surface area (Å²) in [6.45, 7) is 0. The van der Waals surface area contributed by atoms with Crippen molar-refractivity contribution in [2.45, 2.75) is 12.4 Å². The number of ether oxygens (including phenoxy) is 1. The number of pyridine rings is 1. The fraction of sp³-hybridized carbons (Fsp3) is 0.167. The Morgan fingerprint density at radius 2 is 1.73 bits per heavy atom. The standard InChI is InChI=1S/C18H11ClF8N4O2/c1-31(12-3-9(19)10(20)4-11(12)21)16(32)33-15-8(17(22,23)24)2-13(18(25,26)27)30-14(15)7(5-28)6-29/h2-6,28H,29H2,1H3/b7-6+,28-5?. The smallest absolute Gasteiger partial charge is 0.407 e. The number of aromatic nitrogens is 1. The molecule has 0 fully saturated rings. The van der Waals surface area contributed by atoms with E-state index >= 15 is 0 Å². The quantitative estimate of drug-likeness (QED) is 0.322. The van der Waals surface area contributed by atoms with Crippen molar-refractivity contribution in [1.82, 2.24) is 4.98 Å². The minimum Gasteiger partial charge on any atom is -0.407 e. The highest BCUT2D eigenvalue weighted by Gasteiger charge is 2.43. The van der Waals surface area contributed by atoms with Gasteiger partial charge in [-0.3, -0.25) is 4.90 Å². The SMILES string of the molecule is CN(C(=O)Oc1c(C(F)(F)F)cc(C(F)(F)F)nc1/C(C=N)=C/N)c1cc(Cl)c(F)cc1F. The molecule has 1 heterocycles. The van der Waals surface area contributed by atoms with Crippen LogP contribution in [0.5, 0.6) is 5.75 Å². The topological polar surface area (TPSA) is 92.3 Å². The number of alkyl halides is 6. The minimum atomic E-state index is -5.49.